The molecule has 0 spiro atoms. The van der Waals surface area contributed by atoms with Crippen molar-refractivity contribution in [3.05, 3.63) is 29.8 Å². The van der Waals surface area contributed by atoms with Crippen LogP contribution < -0.4 is 10.5 Å². The standard InChI is InChI=1S/C15H23NO/c1-11(16)12-3-5-13(6-4-12)14-7-9-15(17-2)10-8-14/h7-13H,3-6,16H2,1-2H3. The number of methoxy groups -OCH3 is 1. The average Bonchev–Trinajstić information content (AvgIpc) is 2.39. The number of benzene rings is 1. The molecule has 1 aliphatic carbocycles. The van der Waals surface area contributed by atoms with Gasteiger partial charge >= 0.3 is 0 Å². The van der Waals surface area contributed by atoms with Gasteiger partial charge < -0.3 is 10.5 Å². The highest BCUT2D eigenvalue weighted by atomic mass is 16.5. The van der Waals surface area contributed by atoms with Gasteiger partial charge in [-0.2, -0.15) is 0 Å². The van der Waals surface area contributed by atoms with Gasteiger partial charge in [0.2, 0.25) is 0 Å². The lowest BCUT2D eigenvalue weighted by Crippen LogP contribution is -2.29. The zero-order chi connectivity index (χ0) is 12.3. The molecule has 1 unspecified atom stereocenters. The summed E-state index contributed by atoms with van der Waals surface area (Å²) >= 11 is 0. The van der Waals surface area contributed by atoms with Gasteiger partial charge in [-0.1, -0.05) is 12.1 Å². The van der Waals surface area contributed by atoms with E-state index in [0.29, 0.717) is 6.04 Å². The molecule has 1 atom stereocenters. The molecule has 0 amide bonds. The van der Waals surface area contributed by atoms with Crippen LogP contribution in [-0.2, 0) is 0 Å². The van der Waals surface area contributed by atoms with Crippen LogP contribution >= 0.6 is 0 Å². The molecule has 1 saturated carbocycles. The summed E-state index contributed by atoms with van der Waals surface area (Å²) in [4.78, 5) is 0. The summed E-state index contributed by atoms with van der Waals surface area (Å²) in [5.41, 5.74) is 7.43. The Kier molecular flexibility index (Phi) is 4.06. The van der Waals surface area contributed by atoms with Crippen LogP contribution in [0.2, 0.25) is 0 Å². The van der Waals surface area contributed by atoms with Gasteiger partial charge in [-0.05, 0) is 62.1 Å². The van der Waals surface area contributed by atoms with E-state index < -0.39 is 0 Å². The van der Waals surface area contributed by atoms with Crippen molar-refractivity contribution in [3.63, 3.8) is 0 Å². The molecule has 0 aromatic heterocycles. The van der Waals surface area contributed by atoms with Crippen molar-refractivity contribution < 1.29 is 4.74 Å². The number of nitrogens with two attached hydrogens (primary N) is 1. The highest BCUT2D eigenvalue weighted by molar-refractivity contribution is 5.29. The third-order valence-electron chi connectivity index (χ3n) is 4.10. The molecule has 17 heavy (non-hydrogen) atoms. The predicted molar refractivity (Wildman–Crippen MR) is 71.3 cm³/mol. The fourth-order valence-electron chi connectivity index (χ4n) is 2.85. The monoisotopic (exact) mass is 233 g/mol. The van der Waals surface area contributed by atoms with Crippen LogP contribution in [0.5, 0.6) is 5.75 Å². The second-order valence-corrected chi connectivity index (χ2v) is 5.24. The third-order valence-corrected chi connectivity index (χ3v) is 4.10. The molecule has 1 fully saturated rings. The predicted octanol–water partition coefficient (Wildman–Crippen LogP) is 3.32. The van der Waals surface area contributed by atoms with Crippen LogP contribution in [0.3, 0.4) is 0 Å². The molecule has 0 radical (unpaired) electrons. The Balaban J connectivity index is 1.95. The van der Waals surface area contributed by atoms with Crippen LogP contribution in [-0.4, -0.2) is 13.2 Å². The van der Waals surface area contributed by atoms with Crippen molar-refractivity contribution in [1.29, 1.82) is 0 Å². The SMILES string of the molecule is COc1ccc(C2CCC(C(C)N)CC2)cc1. The summed E-state index contributed by atoms with van der Waals surface area (Å²) in [6.45, 7) is 2.14. The zero-order valence-electron chi connectivity index (χ0n) is 10.9. The maximum absolute atomic E-state index is 5.97. The van der Waals surface area contributed by atoms with Gasteiger partial charge in [0.1, 0.15) is 5.75 Å². The van der Waals surface area contributed by atoms with Gasteiger partial charge in [0.25, 0.3) is 0 Å². The van der Waals surface area contributed by atoms with Crippen molar-refractivity contribution >= 4 is 0 Å². The summed E-state index contributed by atoms with van der Waals surface area (Å²) in [5.74, 6) is 2.39. The lowest BCUT2D eigenvalue weighted by Gasteiger charge is -2.31. The molecule has 2 rings (SSSR count). The lowest BCUT2D eigenvalue weighted by atomic mass is 9.76. The summed E-state index contributed by atoms with van der Waals surface area (Å²) in [6, 6.07) is 8.89. The zero-order valence-corrected chi connectivity index (χ0v) is 10.9. The van der Waals surface area contributed by atoms with Gasteiger partial charge in [-0.25, -0.2) is 0 Å². The molecular formula is C15H23NO. The van der Waals surface area contributed by atoms with Crippen LogP contribution in [0.25, 0.3) is 0 Å². The average molecular weight is 233 g/mol. The number of hydrogen-bond acceptors (Lipinski definition) is 2. The molecule has 2 heteroatoms. The smallest absolute Gasteiger partial charge is 0.118 e. The molecule has 0 heterocycles. The van der Waals surface area contributed by atoms with E-state index in [9.17, 15) is 0 Å². The van der Waals surface area contributed by atoms with Gasteiger partial charge in [0.05, 0.1) is 7.11 Å². The molecule has 1 aliphatic rings. The van der Waals surface area contributed by atoms with Crippen molar-refractivity contribution in [1.82, 2.24) is 0 Å². The first kappa shape index (κ1) is 12.4. The van der Waals surface area contributed by atoms with Crippen LogP contribution in [0.1, 0.15) is 44.1 Å². The van der Waals surface area contributed by atoms with Crippen LogP contribution in [0, 0.1) is 5.92 Å². The number of rotatable bonds is 3. The number of hydrogen-bond donors (Lipinski definition) is 1. The maximum Gasteiger partial charge on any atom is 0.118 e. The van der Waals surface area contributed by atoms with E-state index in [2.05, 4.69) is 31.2 Å². The van der Waals surface area contributed by atoms with E-state index in [4.69, 9.17) is 10.5 Å². The van der Waals surface area contributed by atoms with E-state index in [1.54, 1.807) is 7.11 Å². The second-order valence-electron chi connectivity index (χ2n) is 5.24. The maximum atomic E-state index is 5.97. The highest BCUT2D eigenvalue weighted by Crippen LogP contribution is 2.37. The van der Waals surface area contributed by atoms with Crippen LogP contribution in [0.15, 0.2) is 24.3 Å². The first-order chi connectivity index (χ1) is 8.20. The van der Waals surface area contributed by atoms with Gasteiger partial charge in [0.15, 0.2) is 0 Å². The van der Waals surface area contributed by atoms with Gasteiger partial charge in [0, 0.05) is 6.04 Å². The summed E-state index contributed by atoms with van der Waals surface area (Å²) in [5, 5.41) is 0. The molecule has 1 aromatic carbocycles. The first-order valence-electron chi connectivity index (χ1n) is 6.60. The van der Waals surface area contributed by atoms with Gasteiger partial charge in [-0.15, -0.1) is 0 Å². The topological polar surface area (TPSA) is 35.2 Å². The molecule has 0 bridgehead atoms. The van der Waals surface area contributed by atoms with E-state index >= 15 is 0 Å². The Morgan fingerprint density at radius 1 is 1.12 bits per heavy atom. The minimum atomic E-state index is 0.354. The Hall–Kier alpha value is -1.02. The Morgan fingerprint density at radius 3 is 2.18 bits per heavy atom. The summed E-state index contributed by atoms with van der Waals surface area (Å²) in [6.07, 6.45) is 5.10. The normalized spacial score (nSPS) is 26.5. The highest BCUT2D eigenvalue weighted by Gasteiger charge is 2.24. The number of ether oxygens (including phenoxy) is 1. The van der Waals surface area contributed by atoms with Crippen molar-refractivity contribution in [2.24, 2.45) is 11.7 Å². The Bertz CT molecular complexity index is 336. The Labute approximate surface area is 104 Å². The largest absolute Gasteiger partial charge is 0.497 e. The molecule has 1 aromatic rings. The van der Waals surface area contributed by atoms with Crippen molar-refractivity contribution in [3.8, 4) is 5.75 Å². The van der Waals surface area contributed by atoms with E-state index in [1.165, 1.54) is 31.2 Å². The molecule has 2 nitrogen and oxygen atoms in total. The Morgan fingerprint density at radius 2 is 1.71 bits per heavy atom. The lowest BCUT2D eigenvalue weighted by molar-refractivity contribution is 0.291. The molecule has 0 aliphatic heterocycles. The fraction of sp³-hybridized carbons (Fsp3) is 0.600. The molecule has 0 saturated heterocycles. The third kappa shape index (κ3) is 3.01. The molecular weight excluding hydrogens is 210 g/mol. The second kappa shape index (κ2) is 5.54. The summed E-state index contributed by atoms with van der Waals surface area (Å²) in [7, 11) is 1.71. The van der Waals surface area contributed by atoms with Gasteiger partial charge in [-0.3, -0.25) is 0 Å². The van der Waals surface area contributed by atoms with E-state index in [1.807, 2.05) is 0 Å². The minimum absolute atomic E-state index is 0.354. The minimum Gasteiger partial charge on any atom is -0.497 e. The van der Waals surface area contributed by atoms with E-state index in [-0.39, 0.29) is 0 Å². The first-order valence-corrected chi connectivity index (χ1v) is 6.60. The van der Waals surface area contributed by atoms with Crippen molar-refractivity contribution in [2.45, 2.75) is 44.6 Å². The quantitative estimate of drug-likeness (QED) is 0.869. The van der Waals surface area contributed by atoms with E-state index in [0.717, 1.165) is 17.6 Å². The van der Waals surface area contributed by atoms with Crippen molar-refractivity contribution in [2.75, 3.05) is 7.11 Å². The fourth-order valence-corrected chi connectivity index (χ4v) is 2.85. The summed E-state index contributed by atoms with van der Waals surface area (Å²) < 4.78 is 5.19. The molecule has 94 valence electrons. The van der Waals surface area contributed by atoms with Crippen LogP contribution in [0.4, 0.5) is 0 Å². The molecule has 2 N–H and O–H groups in total.